The summed E-state index contributed by atoms with van der Waals surface area (Å²) in [7, 11) is -3.21. The maximum Gasteiger partial charge on any atom is 0.246 e. The first-order chi connectivity index (χ1) is 10.1. The summed E-state index contributed by atoms with van der Waals surface area (Å²) >= 11 is 0. The van der Waals surface area contributed by atoms with E-state index in [-0.39, 0.29) is 18.1 Å². The maximum absolute atomic E-state index is 12.3. The lowest BCUT2D eigenvalue weighted by atomic mass is 10.1. The van der Waals surface area contributed by atoms with Gasteiger partial charge in [0.15, 0.2) is 0 Å². The molecule has 0 saturated carbocycles. The van der Waals surface area contributed by atoms with Gasteiger partial charge in [-0.05, 0) is 43.5 Å². The molecule has 7 heteroatoms. The van der Waals surface area contributed by atoms with Crippen molar-refractivity contribution in [1.29, 1.82) is 0 Å². The Bertz CT molecular complexity index is 648. The lowest BCUT2D eigenvalue weighted by molar-refractivity contribution is -0.125. The summed E-state index contributed by atoms with van der Waals surface area (Å²) in [5.74, 6) is -0.976. The highest BCUT2D eigenvalue weighted by molar-refractivity contribution is 7.90. The lowest BCUT2D eigenvalue weighted by Gasteiger charge is -2.17. The van der Waals surface area contributed by atoms with Gasteiger partial charge in [-0.15, -0.1) is 0 Å². The van der Waals surface area contributed by atoms with Gasteiger partial charge in [0.25, 0.3) is 0 Å². The van der Waals surface area contributed by atoms with Gasteiger partial charge in [-0.3, -0.25) is 9.59 Å². The van der Waals surface area contributed by atoms with Crippen LogP contribution in [0.4, 0.5) is 5.69 Å². The van der Waals surface area contributed by atoms with E-state index in [4.69, 9.17) is 0 Å². The van der Waals surface area contributed by atoms with Crippen LogP contribution in [0, 0.1) is 13.8 Å². The lowest BCUT2D eigenvalue weighted by Crippen LogP contribution is -2.43. The zero-order valence-corrected chi connectivity index (χ0v) is 14.1. The fraction of sp³-hybridized carbons (Fsp3) is 0.467. The summed E-state index contributed by atoms with van der Waals surface area (Å²) in [6, 6.07) is 4.72. The van der Waals surface area contributed by atoms with Crippen molar-refractivity contribution in [2.75, 3.05) is 17.3 Å². The molecule has 0 heterocycles. The molecule has 2 N–H and O–H groups in total. The van der Waals surface area contributed by atoms with Crippen molar-refractivity contribution in [2.24, 2.45) is 0 Å². The normalized spacial score (nSPS) is 12.5. The molecule has 22 heavy (non-hydrogen) atoms. The smallest absolute Gasteiger partial charge is 0.246 e. The molecule has 0 aromatic heterocycles. The van der Waals surface area contributed by atoms with E-state index in [1.54, 1.807) is 0 Å². The molecule has 0 saturated heterocycles. The predicted molar refractivity (Wildman–Crippen MR) is 86.5 cm³/mol. The number of hydrogen-bond donors (Lipinski definition) is 2. The summed E-state index contributed by atoms with van der Waals surface area (Å²) in [6.07, 6.45) is 1.13. The zero-order valence-electron chi connectivity index (χ0n) is 13.3. The van der Waals surface area contributed by atoms with Crippen molar-refractivity contribution in [1.82, 2.24) is 5.32 Å². The molecule has 1 aromatic rings. The van der Waals surface area contributed by atoms with Crippen LogP contribution < -0.4 is 10.6 Å². The molecule has 1 unspecified atom stereocenters. The number of aryl methyl sites for hydroxylation is 2. The van der Waals surface area contributed by atoms with E-state index in [2.05, 4.69) is 10.6 Å². The third-order valence-corrected chi connectivity index (χ3v) is 3.94. The quantitative estimate of drug-likeness (QED) is 0.821. The SMILES string of the molecule is CC(=O)NC(CCS(C)(=O)=O)C(=O)Nc1cc(C)cc(C)c1. The Morgan fingerprint density at radius 2 is 1.68 bits per heavy atom. The molecule has 0 radical (unpaired) electrons. The number of nitrogens with one attached hydrogen (secondary N) is 2. The molecule has 0 spiro atoms. The van der Waals surface area contributed by atoms with Crippen molar-refractivity contribution in [2.45, 2.75) is 33.2 Å². The van der Waals surface area contributed by atoms with Gasteiger partial charge >= 0.3 is 0 Å². The van der Waals surface area contributed by atoms with Crippen LogP contribution in [0.3, 0.4) is 0 Å². The predicted octanol–water partition coefficient (Wildman–Crippen LogP) is 1.18. The summed E-state index contributed by atoms with van der Waals surface area (Å²) in [5, 5.41) is 5.20. The van der Waals surface area contributed by atoms with Crippen LogP contribution in [0.1, 0.15) is 24.5 Å². The largest absolute Gasteiger partial charge is 0.345 e. The molecule has 0 aliphatic rings. The van der Waals surface area contributed by atoms with Crippen LogP contribution in [0.25, 0.3) is 0 Å². The zero-order chi connectivity index (χ0) is 16.9. The van der Waals surface area contributed by atoms with E-state index >= 15 is 0 Å². The van der Waals surface area contributed by atoms with E-state index in [1.165, 1.54) is 6.92 Å². The van der Waals surface area contributed by atoms with Crippen LogP contribution >= 0.6 is 0 Å². The first-order valence-corrected chi connectivity index (χ1v) is 8.97. The van der Waals surface area contributed by atoms with Crippen LogP contribution in [0.2, 0.25) is 0 Å². The Kier molecular flexibility index (Phi) is 6.11. The standard InChI is InChI=1S/C15H22N2O4S/c1-10-7-11(2)9-13(8-10)17-15(19)14(16-12(3)18)5-6-22(4,20)21/h7-9,14H,5-6H2,1-4H3,(H,16,18)(H,17,19). The van der Waals surface area contributed by atoms with Crippen molar-refractivity contribution in [3.05, 3.63) is 29.3 Å². The minimum atomic E-state index is -3.21. The van der Waals surface area contributed by atoms with E-state index < -0.39 is 21.8 Å². The van der Waals surface area contributed by atoms with Crippen LogP contribution in [-0.2, 0) is 19.4 Å². The van der Waals surface area contributed by atoms with Crippen LogP contribution in [0.15, 0.2) is 18.2 Å². The fourth-order valence-electron chi connectivity index (χ4n) is 2.12. The van der Waals surface area contributed by atoms with Crippen molar-refractivity contribution >= 4 is 27.3 Å². The first-order valence-electron chi connectivity index (χ1n) is 6.91. The number of hydrogen-bond acceptors (Lipinski definition) is 4. The van der Waals surface area contributed by atoms with E-state index in [0.29, 0.717) is 5.69 Å². The number of carbonyl (C=O) groups excluding carboxylic acids is 2. The number of sulfone groups is 1. The molecule has 1 atom stereocenters. The van der Waals surface area contributed by atoms with Gasteiger partial charge in [0.1, 0.15) is 15.9 Å². The molecule has 0 fully saturated rings. The van der Waals surface area contributed by atoms with Gasteiger partial charge in [-0.25, -0.2) is 8.42 Å². The summed E-state index contributed by atoms with van der Waals surface area (Å²) in [4.78, 5) is 23.5. The minimum Gasteiger partial charge on any atom is -0.345 e. The molecular formula is C15H22N2O4S. The van der Waals surface area contributed by atoms with Crippen molar-refractivity contribution in [3.63, 3.8) is 0 Å². The van der Waals surface area contributed by atoms with Gasteiger partial charge < -0.3 is 10.6 Å². The second-order valence-corrected chi connectivity index (χ2v) is 7.80. The number of anilines is 1. The van der Waals surface area contributed by atoms with Crippen LogP contribution in [-0.4, -0.2) is 38.3 Å². The Morgan fingerprint density at radius 3 is 2.14 bits per heavy atom. The van der Waals surface area contributed by atoms with Gasteiger partial charge in [-0.2, -0.15) is 0 Å². The third-order valence-electron chi connectivity index (χ3n) is 2.96. The molecule has 0 aliphatic heterocycles. The second kappa shape index (κ2) is 7.40. The summed E-state index contributed by atoms with van der Waals surface area (Å²) in [5.41, 5.74) is 2.63. The number of rotatable bonds is 6. The minimum absolute atomic E-state index is 0.0368. The molecule has 0 aliphatic carbocycles. The van der Waals surface area contributed by atoms with Gasteiger partial charge in [-0.1, -0.05) is 6.07 Å². The number of carbonyl (C=O) groups is 2. The topological polar surface area (TPSA) is 92.3 Å². The van der Waals surface area contributed by atoms with E-state index in [9.17, 15) is 18.0 Å². The Balaban J connectivity index is 2.84. The molecule has 1 aromatic carbocycles. The van der Waals surface area contributed by atoms with E-state index in [1.807, 2.05) is 32.0 Å². The number of amides is 2. The molecule has 6 nitrogen and oxygen atoms in total. The first kappa shape index (κ1) is 18.2. The Morgan fingerprint density at radius 1 is 1.14 bits per heavy atom. The molecule has 0 bridgehead atoms. The molecular weight excluding hydrogens is 304 g/mol. The Hall–Kier alpha value is -1.89. The molecule has 122 valence electrons. The van der Waals surface area contributed by atoms with Crippen molar-refractivity contribution in [3.8, 4) is 0 Å². The summed E-state index contributed by atoms with van der Waals surface area (Å²) < 4.78 is 22.5. The average molecular weight is 326 g/mol. The fourth-order valence-corrected chi connectivity index (χ4v) is 2.79. The molecule has 2 amide bonds. The highest BCUT2D eigenvalue weighted by Crippen LogP contribution is 2.14. The van der Waals surface area contributed by atoms with Crippen LogP contribution in [0.5, 0.6) is 0 Å². The molecule has 1 rings (SSSR count). The van der Waals surface area contributed by atoms with E-state index in [0.717, 1.165) is 17.4 Å². The highest BCUT2D eigenvalue weighted by atomic mass is 32.2. The van der Waals surface area contributed by atoms with Gasteiger partial charge in [0.05, 0.1) is 5.75 Å². The monoisotopic (exact) mass is 326 g/mol. The second-order valence-electron chi connectivity index (χ2n) is 5.54. The van der Waals surface area contributed by atoms with Crippen molar-refractivity contribution < 1.29 is 18.0 Å². The maximum atomic E-state index is 12.3. The average Bonchev–Trinajstić information content (AvgIpc) is 2.31. The third kappa shape index (κ3) is 6.71. The number of benzene rings is 1. The van der Waals surface area contributed by atoms with Gasteiger partial charge in [0, 0.05) is 18.9 Å². The van der Waals surface area contributed by atoms with Gasteiger partial charge in [0.2, 0.25) is 11.8 Å². The highest BCUT2D eigenvalue weighted by Gasteiger charge is 2.21. The Labute approximate surface area is 131 Å². The summed E-state index contributed by atoms with van der Waals surface area (Å²) in [6.45, 7) is 5.12.